The van der Waals surface area contributed by atoms with Gasteiger partial charge in [-0.15, -0.1) is 0 Å². The van der Waals surface area contributed by atoms with E-state index in [1.54, 1.807) is 7.05 Å². The number of nitrogens with zero attached hydrogens (tertiary/aromatic N) is 5. The molecule has 0 N–H and O–H groups in total. The highest BCUT2D eigenvalue weighted by molar-refractivity contribution is 6.20. The molecule has 0 radical (unpaired) electrons. The molecule has 0 unspecified atom stereocenters. The van der Waals surface area contributed by atoms with Crippen LogP contribution in [0.3, 0.4) is 0 Å². The summed E-state index contributed by atoms with van der Waals surface area (Å²) in [5.41, 5.74) is 3.77. The van der Waals surface area contributed by atoms with Crippen LogP contribution < -0.4 is 4.90 Å². The minimum absolute atomic E-state index is 0.122. The number of aliphatic imine (C=N–C) groups is 1. The molecule has 2 aromatic rings. The number of aromatic nitrogens is 3. The lowest BCUT2D eigenvalue weighted by Crippen LogP contribution is -2.42. The average molecular weight is 456 g/mol. The molecule has 0 amide bonds. The quantitative estimate of drug-likeness (QED) is 0.666. The standard InChI is InChI=1S/C23H28FN5O2.C2H6/c1-3-20-22-15(14-30-23(20)25-2)13-29(27-22)17-4-5-21(26-12-17)28-8-6-18(7-9-28)31-19-10-16(24)11-19;1-2/h3-5,12-13,16,18-19H,6-11,14H2,1-2H3;1-2H3/b20-3-,25-23?;. The number of alkyl halides is 1. The van der Waals surface area contributed by atoms with E-state index in [-0.39, 0.29) is 12.2 Å². The summed E-state index contributed by atoms with van der Waals surface area (Å²) in [5, 5.41) is 4.76. The maximum absolute atomic E-state index is 13.0. The lowest BCUT2D eigenvalue weighted by Gasteiger charge is -2.37. The van der Waals surface area contributed by atoms with E-state index < -0.39 is 6.17 Å². The molecule has 0 spiro atoms. The summed E-state index contributed by atoms with van der Waals surface area (Å²) >= 11 is 0. The topological polar surface area (TPSA) is 64.8 Å². The van der Waals surface area contributed by atoms with E-state index in [1.807, 2.05) is 56.1 Å². The molecule has 8 heteroatoms. The van der Waals surface area contributed by atoms with Gasteiger partial charge >= 0.3 is 0 Å². The van der Waals surface area contributed by atoms with Gasteiger partial charge in [-0.2, -0.15) is 5.10 Å². The Bertz CT molecular complexity index is 987. The van der Waals surface area contributed by atoms with Gasteiger partial charge in [0, 0.05) is 44.7 Å². The van der Waals surface area contributed by atoms with Gasteiger partial charge < -0.3 is 14.4 Å². The second-order valence-electron chi connectivity index (χ2n) is 8.36. The first-order valence-corrected chi connectivity index (χ1v) is 12.0. The Morgan fingerprint density at radius 3 is 2.55 bits per heavy atom. The molecular formula is C25H34FN5O2. The minimum Gasteiger partial charge on any atom is -0.472 e. The minimum atomic E-state index is -0.660. The molecule has 2 aliphatic heterocycles. The SMILES string of the molecule is C/C=C1\C(=NC)OCc2cn(-c3ccc(N4CCC(OC5CC(F)C5)CC4)nc3)nc21.CC. The normalized spacial score (nSPS) is 25.2. The van der Waals surface area contributed by atoms with Crippen molar-refractivity contribution in [2.24, 2.45) is 4.99 Å². The highest BCUT2D eigenvalue weighted by atomic mass is 19.1. The Hall–Kier alpha value is -2.74. The molecule has 2 aromatic heterocycles. The largest absolute Gasteiger partial charge is 0.472 e. The van der Waals surface area contributed by atoms with E-state index in [2.05, 4.69) is 14.9 Å². The summed E-state index contributed by atoms with van der Waals surface area (Å²) in [6, 6.07) is 4.09. The van der Waals surface area contributed by atoms with Gasteiger partial charge in [-0.1, -0.05) is 19.9 Å². The number of anilines is 1. The summed E-state index contributed by atoms with van der Waals surface area (Å²) in [6.07, 6.45) is 8.57. The first-order chi connectivity index (χ1) is 16.1. The molecule has 3 aliphatic rings. The highest BCUT2D eigenvalue weighted by Gasteiger charge is 2.33. The van der Waals surface area contributed by atoms with Crippen LogP contribution in [0.4, 0.5) is 10.2 Å². The summed E-state index contributed by atoms with van der Waals surface area (Å²) in [5.74, 6) is 1.59. The van der Waals surface area contributed by atoms with Crippen molar-refractivity contribution in [2.75, 3.05) is 25.0 Å². The van der Waals surface area contributed by atoms with Crippen LogP contribution in [0.5, 0.6) is 0 Å². The molecule has 5 rings (SSSR count). The second kappa shape index (κ2) is 10.5. The Morgan fingerprint density at radius 1 is 1.18 bits per heavy atom. The number of halogens is 1. The van der Waals surface area contributed by atoms with Crippen LogP contribution in [-0.4, -0.2) is 59.2 Å². The first kappa shape index (κ1) is 23.4. The number of hydrogen-bond donors (Lipinski definition) is 0. The van der Waals surface area contributed by atoms with E-state index in [1.165, 1.54) is 0 Å². The lowest BCUT2D eigenvalue weighted by molar-refractivity contribution is -0.0884. The van der Waals surface area contributed by atoms with Crippen molar-refractivity contribution >= 4 is 17.3 Å². The third-order valence-corrected chi connectivity index (χ3v) is 6.32. The molecule has 0 atom stereocenters. The van der Waals surface area contributed by atoms with Gasteiger partial charge in [-0.05, 0) is 31.9 Å². The van der Waals surface area contributed by atoms with Gasteiger partial charge in [0.15, 0.2) is 0 Å². The van der Waals surface area contributed by atoms with Crippen molar-refractivity contribution in [2.45, 2.75) is 71.4 Å². The van der Waals surface area contributed by atoms with Gasteiger partial charge in [-0.3, -0.25) is 4.99 Å². The number of hydrogen-bond acceptors (Lipinski definition) is 6. The number of fused-ring (bicyclic) bond motifs is 1. The van der Waals surface area contributed by atoms with Crippen molar-refractivity contribution in [3.8, 4) is 5.69 Å². The third kappa shape index (κ3) is 4.95. The van der Waals surface area contributed by atoms with Gasteiger partial charge in [-0.25, -0.2) is 14.1 Å². The van der Waals surface area contributed by atoms with Crippen LogP contribution in [0.2, 0.25) is 0 Å². The van der Waals surface area contributed by atoms with Crippen LogP contribution in [0.25, 0.3) is 11.3 Å². The molecule has 0 aromatic carbocycles. The number of rotatable bonds is 4. The smallest absolute Gasteiger partial charge is 0.218 e. The van der Waals surface area contributed by atoms with Crippen LogP contribution in [0.15, 0.2) is 35.6 Å². The predicted octanol–water partition coefficient (Wildman–Crippen LogP) is 4.74. The van der Waals surface area contributed by atoms with Crippen molar-refractivity contribution in [1.82, 2.24) is 14.8 Å². The number of piperidine rings is 1. The van der Waals surface area contributed by atoms with Crippen LogP contribution in [-0.2, 0) is 16.1 Å². The Kier molecular flexibility index (Phi) is 7.42. The molecule has 1 aliphatic carbocycles. The van der Waals surface area contributed by atoms with Crippen molar-refractivity contribution in [1.29, 1.82) is 0 Å². The average Bonchev–Trinajstić information content (AvgIpc) is 3.29. The fourth-order valence-electron chi connectivity index (χ4n) is 4.45. The molecule has 1 saturated heterocycles. The molecule has 1 saturated carbocycles. The van der Waals surface area contributed by atoms with Crippen molar-refractivity contribution in [3.05, 3.63) is 41.9 Å². The van der Waals surface area contributed by atoms with Crippen molar-refractivity contribution < 1.29 is 13.9 Å². The maximum Gasteiger partial charge on any atom is 0.218 e. The van der Waals surface area contributed by atoms with E-state index in [0.717, 1.165) is 54.3 Å². The molecule has 33 heavy (non-hydrogen) atoms. The molecule has 0 bridgehead atoms. The zero-order valence-electron chi connectivity index (χ0n) is 20.0. The van der Waals surface area contributed by atoms with Crippen LogP contribution in [0, 0.1) is 0 Å². The molecule has 4 heterocycles. The Morgan fingerprint density at radius 2 is 1.94 bits per heavy atom. The van der Waals surface area contributed by atoms with Crippen LogP contribution in [0.1, 0.15) is 57.7 Å². The van der Waals surface area contributed by atoms with E-state index in [4.69, 9.17) is 14.6 Å². The summed E-state index contributed by atoms with van der Waals surface area (Å²) < 4.78 is 26.6. The molecule has 2 fully saturated rings. The summed E-state index contributed by atoms with van der Waals surface area (Å²) in [6.45, 7) is 8.24. The molecular weight excluding hydrogens is 421 g/mol. The zero-order chi connectivity index (χ0) is 23.4. The van der Waals surface area contributed by atoms with Gasteiger partial charge in [0.25, 0.3) is 0 Å². The maximum atomic E-state index is 13.0. The highest BCUT2D eigenvalue weighted by Crippen LogP contribution is 2.30. The predicted molar refractivity (Wildman–Crippen MR) is 129 cm³/mol. The lowest BCUT2D eigenvalue weighted by atomic mass is 9.93. The summed E-state index contributed by atoms with van der Waals surface area (Å²) in [4.78, 5) is 11.2. The zero-order valence-corrected chi connectivity index (χ0v) is 20.0. The Balaban J connectivity index is 0.00000126. The summed E-state index contributed by atoms with van der Waals surface area (Å²) in [7, 11) is 1.73. The number of pyridine rings is 1. The number of allylic oxidation sites excluding steroid dienone is 1. The first-order valence-electron chi connectivity index (χ1n) is 12.0. The van der Waals surface area contributed by atoms with Crippen LogP contribution >= 0.6 is 0 Å². The molecule has 7 nitrogen and oxygen atoms in total. The third-order valence-electron chi connectivity index (χ3n) is 6.32. The fourth-order valence-corrected chi connectivity index (χ4v) is 4.45. The molecule has 178 valence electrons. The second-order valence-corrected chi connectivity index (χ2v) is 8.36. The van der Waals surface area contributed by atoms with E-state index >= 15 is 0 Å². The van der Waals surface area contributed by atoms with Gasteiger partial charge in [0.05, 0.1) is 29.7 Å². The van der Waals surface area contributed by atoms with E-state index in [0.29, 0.717) is 25.3 Å². The fraction of sp³-hybridized carbons (Fsp3) is 0.560. The van der Waals surface area contributed by atoms with E-state index in [9.17, 15) is 4.39 Å². The Labute approximate surface area is 195 Å². The van der Waals surface area contributed by atoms with Gasteiger partial charge in [0.2, 0.25) is 5.90 Å². The van der Waals surface area contributed by atoms with Gasteiger partial charge in [0.1, 0.15) is 24.3 Å². The van der Waals surface area contributed by atoms with Crippen molar-refractivity contribution in [3.63, 3.8) is 0 Å². The monoisotopic (exact) mass is 455 g/mol. The number of ether oxygens (including phenoxy) is 2.